The summed E-state index contributed by atoms with van der Waals surface area (Å²) in [6, 6.07) is 13.1. The Kier molecular flexibility index (Phi) is 9.28. The molecule has 0 spiro atoms. The van der Waals surface area contributed by atoms with Crippen molar-refractivity contribution >= 4 is 11.8 Å². The quantitative estimate of drug-likeness (QED) is 0.529. The molecule has 2 amide bonds. The maximum absolute atomic E-state index is 13.4. The third kappa shape index (κ3) is 6.74. The molecule has 200 valence electrons. The number of ether oxygens (including phenoxy) is 3. The van der Waals surface area contributed by atoms with Crippen LogP contribution in [0, 0.1) is 5.92 Å². The largest absolute Gasteiger partial charge is 0.497 e. The van der Waals surface area contributed by atoms with Gasteiger partial charge in [0, 0.05) is 44.4 Å². The first-order valence-electron chi connectivity index (χ1n) is 13.2. The SMILES string of the molecule is COc1ccc(CCNC(=O)C(C2CCCC2)N2CCN(C(=O)c3cc(OC)cc(OC)c3)CC2)cc1. The number of hydrogen-bond acceptors (Lipinski definition) is 6. The van der Waals surface area contributed by atoms with Gasteiger partial charge in [0.25, 0.3) is 5.91 Å². The van der Waals surface area contributed by atoms with E-state index < -0.39 is 0 Å². The fraction of sp³-hybridized carbons (Fsp3) is 0.517. The Labute approximate surface area is 219 Å². The lowest BCUT2D eigenvalue weighted by atomic mass is 9.94. The van der Waals surface area contributed by atoms with Gasteiger partial charge in [-0.1, -0.05) is 25.0 Å². The van der Waals surface area contributed by atoms with Crippen molar-refractivity contribution in [1.82, 2.24) is 15.1 Å². The normalized spacial score (nSPS) is 17.3. The highest BCUT2D eigenvalue weighted by Gasteiger charge is 2.37. The van der Waals surface area contributed by atoms with Gasteiger partial charge in [-0.3, -0.25) is 14.5 Å². The summed E-state index contributed by atoms with van der Waals surface area (Å²) >= 11 is 0. The van der Waals surface area contributed by atoms with Crippen molar-refractivity contribution in [2.45, 2.75) is 38.1 Å². The van der Waals surface area contributed by atoms with Crippen LogP contribution in [0.2, 0.25) is 0 Å². The van der Waals surface area contributed by atoms with Gasteiger partial charge in [0.15, 0.2) is 0 Å². The molecule has 1 N–H and O–H groups in total. The van der Waals surface area contributed by atoms with Gasteiger partial charge < -0.3 is 24.4 Å². The standard InChI is InChI=1S/C29H39N3O5/c1-35-24-10-8-21(9-11-24)12-13-30-28(33)27(22-6-4-5-7-22)31-14-16-32(17-15-31)29(34)23-18-25(36-2)20-26(19-23)37-3/h8-11,18-20,22,27H,4-7,12-17H2,1-3H3,(H,30,33). The van der Waals surface area contributed by atoms with Gasteiger partial charge >= 0.3 is 0 Å². The maximum Gasteiger partial charge on any atom is 0.254 e. The summed E-state index contributed by atoms with van der Waals surface area (Å²) in [6.07, 6.45) is 5.30. The van der Waals surface area contributed by atoms with Crippen molar-refractivity contribution in [2.24, 2.45) is 5.92 Å². The smallest absolute Gasteiger partial charge is 0.254 e. The summed E-state index contributed by atoms with van der Waals surface area (Å²) in [5.41, 5.74) is 1.72. The predicted octanol–water partition coefficient (Wildman–Crippen LogP) is 3.39. The number of hydrogen-bond donors (Lipinski definition) is 1. The molecule has 2 aliphatic rings. The van der Waals surface area contributed by atoms with Crippen LogP contribution in [0.15, 0.2) is 42.5 Å². The molecule has 1 heterocycles. The van der Waals surface area contributed by atoms with Gasteiger partial charge in [0.2, 0.25) is 5.91 Å². The van der Waals surface area contributed by atoms with Crippen molar-refractivity contribution < 1.29 is 23.8 Å². The van der Waals surface area contributed by atoms with Crippen LogP contribution in [0.25, 0.3) is 0 Å². The summed E-state index contributed by atoms with van der Waals surface area (Å²) in [7, 11) is 4.81. The number of piperazine rings is 1. The number of nitrogens with one attached hydrogen (secondary N) is 1. The highest BCUT2D eigenvalue weighted by Crippen LogP contribution is 2.31. The molecule has 0 radical (unpaired) electrons. The number of carbonyl (C=O) groups excluding carboxylic acids is 2. The van der Waals surface area contributed by atoms with Gasteiger partial charge in [0.05, 0.1) is 27.4 Å². The summed E-state index contributed by atoms with van der Waals surface area (Å²) < 4.78 is 15.9. The number of benzene rings is 2. The number of carbonyl (C=O) groups is 2. The molecule has 0 aromatic heterocycles. The van der Waals surface area contributed by atoms with Crippen LogP contribution in [-0.4, -0.2) is 81.7 Å². The zero-order chi connectivity index (χ0) is 26.2. The van der Waals surface area contributed by atoms with Crippen molar-refractivity contribution in [3.63, 3.8) is 0 Å². The molecule has 2 aromatic carbocycles. The van der Waals surface area contributed by atoms with E-state index in [9.17, 15) is 9.59 Å². The Morgan fingerprint density at radius 2 is 1.46 bits per heavy atom. The highest BCUT2D eigenvalue weighted by atomic mass is 16.5. The number of methoxy groups -OCH3 is 3. The van der Waals surface area contributed by atoms with Crippen molar-refractivity contribution in [3.05, 3.63) is 53.6 Å². The molecule has 8 nitrogen and oxygen atoms in total. The maximum atomic E-state index is 13.4. The predicted molar refractivity (Wildman–Crippen MR) is 142 cm³/mol. The molecular weight excluding hydrogens is 470 g/mol. The van der Waals surface area contributed by atoms with Crippen LogP contribution in [-0.2, 0) is 11.2 Å². The molecule has 37 heavy (non-hydrogen) atoms. The first-order valence-corrected chi connectivity index (χ1v) is 13.2. The lowest BCUT2D eigenvalue weighted by molar-refractivity contribution is -0.129. The van der Waals surface area contributed by atoms with Gasteiger partial charge in [-0.25, -0.2) is 0 Å². The van der Waals surface area contributed by atoms with E-state index in [4.69, 9.17) is 14.2 Å². The molecule has 1 aliphatic carbocycles. The molecular formula is C29H39N3O5. The average Bonchev–Trinajstić information content (AvgIpc) is 3.47. The van der Waals surface area contributed by atoms with Crippen LogP contribution in [0.5, 0.6) is 17.2 Å². The minimum Gasteiger partial charge on any atom is -0.497 e. The second kappa shape index (κ2) is 12.8. The van der Waals surface area contributed by atoms with Crippen molar-refractivity contribution in [1.29, 1.82) is 0 Å². The third-order valence-corrected chi connectivity index (χ3v) is 7.58. The Morgan fingerprint density at radius 3 is 2.03 bits per heavy atom. The van der Waals surface area contributed by atoms with E-state index in [0.29, 0.717) is 55.7 Å². The van der Waals surface area contributed by atoms with E-state index in [2.05, 4.69) is 10.2 Å². The number of rotatable bonds is 10. The monoisotopic (exact) mass is 509 g/mol. The number of nitrogens with zero attached hydrogens (tertiary/aromatic N) is 2. The van der Waals surface area contributed by atoms with Crippen LogP contribution >= 0.6 is 0 Å². The zero-order valence-electron chi connectivity index (χ0n) is 22.2. The molecule has 1 atom stereocenters. The van der Waals surface area contributed by atoms with Crippen molar-refractivity contribution in [3.8, 4) is 17.2 Å². The minimum absolute atomic E-state index is 0.0433. The lowest BCUT2D eigenvalue weighted by Gasteiger charge is -2.40. The average molecular weight is 510 g/mol. The second-order valence-corrected chi connectivity index (χ2v) is 9.81. The molecule has 4 rings (SSSR count). The Hall–Kier alpha value is -3.26. The van der Waals surface area contributed by atoms with Crippen LogP contribution in [0.4, 0.5) is 0 Å². The van der Waals surface area contributed by atoms with Crippen LogP contribution in [0.1, 0.15) is 41.6 Å². The van der Waals surface area contributed by atoms with Gasteiger partial charge in [0.1, 0.15) is 17.2 Å². The first-order chi connectivity index (χ1) is 18.0. The van der Waals surface area contributed by atoms with Gasteiger partial charge in [-0.15, -0.1) is 0 Å². The molecule has 2 fully saturated rings. The van der Waals surface area contributed by atoms with E-state index in [0.717, 1.165) is 25.0 Å². The zero-order valence-corrected chi connectivity index (χ0v) is 22.2. The molecule has 0 bridgehead atoms. The van der Waals surface area contributed by atoms with Gasteiger partial charge in [-0.2, -0.15) is 0 Å². The molecule has 8 heteroatoms. The summed E-state index contributed by atoms with van der Waals surface area (Å²) in [4.78, 5) is 30.8. The fourth-order valence-corrected chi connectivity index (χ4v) is 5.49. The van der Waals surface area contributed by atoms with E-state index in [1.165, 1.54) is 18.4 Å². The fourth-order valence-electron chi connectivity index (χ4n) is 5.49. The summed E-state index contributed by atoms with van der Waals surface area (Å²) in [6.45, 7) is 3.13. The molecule has 1 aliphatic heterocycles. The molecule has 2 aromatic rings. The molecule has 1 saturated heterocycles. The summed E-state index contributed by atoms with van der Waals surface area (Å²) in [5, 5.41) is 3.20. The van der Waals surface area contributed by atoms with E-state index >= 15 is 0 Å². The Bertz CT molecular complexity index is 1020. The van der Waals surface area contributed by atoms with Gasteiger partial charge in [-0.05, 0) is 55.0 Å². The van der Waals surface area contributed by atoms with Crippen LogP contribution in [0.3, 0.4) is 0 Å². The van der Waals surface area contributed by atoms with E-state index in [1.54, 1.807) is 39.5 Å². The molecule has 1 unspecified atom stereocenters. The number of amides is 2. The second-order valence-electron chi connectivity index (χ2n) is 9.81. The van der Waals surface area contributed by atoms with E-state index in [1.807, 2.05) is 29.2 Å². The first kappa shape index (κ1) is 26.8. The molecule has 1 saturated carbocycles. The Balaban J connectivity index is 1.35. The minimum atomic E-state index is -0.146. The Morgan fingerprint density at radius 1 is 0.865 bits per heavy atom. The summed E-state index contributed by atoms with van der Waals surface area (Å²) in [5.74, 6) is 2.45. The highest BCUT2D eigenvalue weighted by molar-refractivity contribution is 5.95. The van der Waals surface area contributed by atoms with E-state index in [-0.39, 0.29) is 17.9 Å². The third-order valence-electron chi connectivity index (χ3n) is 7.58. The van der Waals surface area contributed by atoms with Crippen LogP contribution < -0.4 is 19.5 Å². The lowest BCUT2D eigenvalue weighted by Crippen LogP contribution is -2.58. The topological polar surface area (TPSA) is 80.3 Å². The van der Waals surface area contributed by atoms with Crippen molar-refractivity contribution in [2.75, 3.05) is 54.1 Å².